The number of aromatic nitrogens is 1. The zero-order chi connectivity index (χ0) is 24.4. The molecule has 5 rings (SSSR count). The molecule has 0 spiro atoms. The lowest BCUT2D eigenvalue weighted by Crippen LogP contribution is -2.26. The number of hydrogen-bond donors (Lipinski definition) is 2. The van der Waals surface area contributed by atoms with Crippen molar-refractivity contribution in [3.05, 3.63) is 65.9 Å². The molecule has 0 unspecified atom stereocenters. The van der Waals surface area contributed by atoms with Crippen LogP contribution in [0.3, 0.4) is 0 Å². The van der Waals surface area contributed by atoms with Crippen molar-refractivity contribution in [1.29, 1.82) is 5.26 Å². The number of benzene rings is 2. The van der Waals surface area contributed by atoms with E-state index in [4.69, 9.17) is 18.6 Å². The Morgan fingerprint density at radius 2 is 1.86 bits per heavy atom. The Morgan fingerprint density at radius 1 is 1.03 bits per heavy atom. The Hall–Kier alpha value is -3.90. The van der Waals surface area contributed by atoms with Crippen LogP contribution in [-0.2, 0) is 4.74 Å². The SMILES string of the molecule is COc1cc(C(O)O)ccc1-c1cc2nccc(-c3ccc(OC4CCOCC4)c(C#N)c3)c2o1. The minimum atomic E-state index is -1.60. The van der Waals surface area contributed by atoms with Gasteiger partial charge < -0.3 is 28.8 Å². The summed E-state index contributed by atoms with van der Waals surface area (Å²) in [6, 6.07) is 16.3. The molecular weight excluding hydrogens is 448 g/mol. The predicted molar refractivity (Wildman–Crippen MR) is 128 cm³/mol. The van der Waals surface area contributed by atoms with Crippen molar-refractivity contribution in [2.45, 2.75) is 25.2 Å². The topological polar surface area (TPSA) is 118 Å². The minimum Gasteiger partial charge on any atom is -0.496 e. The standard InChI is InChI=1S/C27H24N2O6/c1-32-24-13-17(27(30)31)2-4-21(24)25-14-22-26(35-25)20(6-9-29-22)16-3-5-23(18(12-16)15-28)34-19-7-10-33-11-8-19/h2-6,9,12-14,19,27,30-31H,7-8,10-11H2,1H3. The number of rotatable bonds is 6. The first kappa shape index (κ1) is 22.9. The third-order valence-corrected chi connectivity index (χ3v) is 6.07. The molecule has 0 amide bonds. The monoisotopic (exact) mass is 472 g/mol. The molecule has 0 radical (unpaired) electrons. The van der Waals surface area contributed by atoms with Gasteiger partial charge in [-0.25, -0.2) is 0 Å². The van der Waals surface area contributed by atoms with E-state index in [1.54, 1.807) is 36.5 Å². The summed E-state index contributed by atoms with van der Waals surface area (Å²) in [4.78, 5) is 4.44. The molecule has 35 heavy (non-hydrogen) atoms. The van der Waals surface area contributed by atoms with Gasteiger partial charge in [-0.15, -0.1) is 0 Å². The van der Waals surface area contributed by atoms with E-state index in [1.165, 1.54) is 7.11 Å². The van der Waals surface area contributed by atoms with Crippen molar-refractivity contribution in [3.63, 3.8) is 0 Å². The van der Waals surface area contributed by atoms with Gasteiger partial charge in [0.25, 0.3) is 0 Å². The highest BCUT2D eigenvalue weighted by Crippen LogP contribution is 2.39. The van der Waals surface area contributed by atoms with Gasteiger partial charge in [0.15, 0.2) is 11.9 Å². The molecule has 2 N–H and O–H groups in total. The van der Waals surface area contributed by atoms with Gasteiger partial charge in [0.05, 0.1) is 31.5 Å². The van der Waals surface area contributed by atoms with Crippen LogP contribution in [0.2, 0.25) is 0 Å². The maximum atomic E-state index is 9.76. The Balaban J connectivity index is 1.52. The highest BCUT2D eigenvalue weighted by molar-refractivity contribution is 5.93. The summed E-state index contributed by atoms with van der Waals surface area (Å²) in [5.74, 6) is 1.53. The Kier molecular flexibility index (Phi) is 6.38. The molecule has 1 saturated heterocycles. The Morgan fingerprint density at radius 3 is 2.60 bits per heavy atom. The van der Waals surface area contributed by atoms with E-state index < -0.39 is 6.29 Å². The number of furan rings is 1. The third kappa shape index (κ3) is 4.57. The fourth-order valence-electron chi connectivity index (χ4n) is 4.23. The van der Waals surface area contributed by atoms with Crippen molar-refractivity contribution >= 4 is 11.1 Å². The van der Waals surface area contributed by atoms with Gasteiger partial charge in [-0.1, -0.05) is 12.1 Å². The molecule has 1 aliphatic heterocycles. The molecule has 4 aromatic rings. The Bertz CT molecular complexity index is 1400. The van der Waals surface area contributed by atoms with E-state index in [2.05, 4.69) is 11.1 Å². The number of ether oxygens (including phenoxy) is 3. The fourth-order valence-corrected chi connectivity index (χ4v) is 4.23. The van der Waals surface area contributed by atoms with Gasteiger partial charge in [0.2, 0.25) is 0 Å². The first-order valence-corrected chi connectivity index (χ1v) is 11.3. The van der Waals surface area contributed by atoms with Crippen molar-refractivity contribution in [2.75, 3.05) is 20.3 Å². The molecule has 1 fully saturated rings. The van der Waals surface area contributed by atoms with Crippen LogP contribution >= 0.6 is 0 Å². The summed E-state index contributed by atoms with van der Waals surface area (Å²) < 4.78 is 23.1. The van der Waals surface area contributed by atoms with E-state index in [0.29, 0.717) is 58.3 Å². The van der Waals surface area contributed by atoms with Crippen LogP contribution < -0.4 is 9.47 Å². The number of aliphatic hydroxyl groups is 2. The number of aliphatic hydroxyl groups excluding tert-OH is 1. The molecule has 8 nitrogen and oxygen atoms in total. The second-order valence-corrected chi connectivity index (χ2v) is 8.27. The zero-order valence-corrected chi connectivity index (χ0v) is 19.1. The lowest BCUT2D eigenvalue weighted by Gasteiger charge is -2.23. The quantitative estimate of drug-likeness (QED) is 0.392. The molecule has 0 aliphatic carbocycles. The number of pyridine rings is 1. The van der Waals surface area contributed by atoms with Gasteiger partial charge in [-0.2, -0.15) is 5.26 Å². The first-order chi connectivity index (χ1) is 17.1. The summed E-state index contributed by atoms with van der Waals surface area (Å²) in [5.41, 5.74) is 4.22. The molecule has 2 aromatic heterocycles. The molecule has 0 saturated carbocycles. The van der Waals surface area contributed by atoms with E-state index in [-0.39, 0.29) is 6.10 Å². The largest absolute Gasteiger partial charge is 0.496 e. The summed E-state index contributed by atoms with van der Waals surface area (Å²) in [5, 5.41) is 28.7. The van der Waals surface area contributed by atoms with Crippen molar-refractivity contribution in [3.8, 4) is 40.0 Å². The maximum Gasteiger partial charge on any atom is 0.178 e. The van der Waals surface area contributed by atoms with Gasteiger partial charge in [-0.05, 0) is 35.9 Å². The number of nitrogens with zero attached hydrogens (tertiary/aromatic N) is 2. The Labute approximate surface area is 201 Å². The van der Waals surface area contributed by atoms with E-state index in [1.807, 2.05) is 18.2 Å². The van der Waals surface area contributed by atoms with Crippen molar-refractivity contribution in [1.82, 2.24) is 4.98 Å². The summed E-state index contributed by atoms with van der Waals surface area (Å²) in [6.45, 7) is 1.32. The summed E-state index contributed by atoms with van der Waals surface area (Å²) >= 11 is 0. The molecular formula is C27H24N2O6. The van der Waals surface area contributed by atoms with E-state index >= 15 is 0 Å². The van der Waals surface area contributed by atoms with Crippen LogP contribution in [0.4, 0.5) is 0 Å². The van der Waals surface area contributed by atoms with Gasteiger partial charge in [0.1, 0.15) is 34.9 Å². The first-order valence-electron chi connectivity index (χ1n) is 11.3. The molecule has 178 valence electrons. The normalized spacial score (nSPS) is 14.3. The maximum absolute atomic E-state index is 9.76. The summed E-state index contributed by atoms with van der Waals surface area (Å²) in [7, 11) is 1.51. The number of fused-ring (bicyclic) bond motifs is 1. The van der Waals surface area contributed by atoms with Crippen molar-refractivity contribution in [2.24, 2.45) is 0 Å². The van der Waals surface area contributed by atoms with Crippen LogP contribution in [0, 0.1) is 11.3 Å². The number of methoxy groups -OCH3 is 1. The van der Waals surface area contributed by atoms with Gasteiger partial charge >= 0.3 is 0 Å². The fraction of sp³-hybridized carbons (Fsp3) is 0.259. The van der Waals surface area contributed by atoms with Crippen molar-refractivity contribution < 1.29 is 28.8 Å². The van der Waals surface area contributed by atoms with E-state index in [9.17, 15) is 15.5 Å². The molecule has 0 atom stereocenters. The van der Waals surface area contributed by atoms with Crippen LogP contribution in [0.15, 0.2) is 59.1 Å². The molecule has 3 heterocycles. The highest BCUT2D eigenvalue weighted by atomic mass is 16.5. The smallest absolute Gasteiger partial charge is 0.178 e. The predicted octanol–water partition coefficient (Wildman–Crippen LogP) is 4.58. The zero-order valence-electron chi connectivity index (χ0n) is 19.1. The van der Waals surface area contributed by atoms with Crippen LogP contribution in [0.1, 0.15) is 30.3 Å². The second kappa shape index (κ2) is 9.76. The van der Waals surface area contributed by atoms with Crippen LogP contribution in [0.25, 0.3) is 33.6 Å². The van der Waals surface area contributed by atoms with Crippen LogP contribution in [0.5, 0.6) is 11.5 Å². The molecule has 1 aliphatic rings. The number of nitriles is 1. The molecule has 0 bridgehead atoms. The third-order valence-electron chi connectivity index (χ3n) is 6.07. The van der Waals surface area contributed by atoms with Gasteiger partial charge in [-0.3, -0.25) is 4.98 Å². The average Bonchev–Trinajstić information content (AvgIpc) is 3.33. The highest BCUT2D eigenvalue weighted by Gasteiger charge is 2.20. The molecule has 2 aromatic carbocycles. The lowest BCUT2D eigenvalue weighted by molar-refractivity contribution is -0.0426. The van der Waals surface area contributed by atoms with E-state index in [0.717, 1.165) is 24.0 Å². The minimum absolute atomic E-state index is 0.0373. The lowest BCUT2D eigenvalue weighted by atomic mass is 10.0. The molecule has 8 heteroatoms. The summed E-state index contributed by atoms with van der Waals surface area (Å²) in [6.07, 6.45) is 1.73. The average molecular weight is 472 g/mol. The van der Waals surface area contributed by atoms with Gasteiger partial charge in [0, 0.05) is 36.2 Å². The second-order valence-electron chi connectivity index (χ2n) is 8.27. The van der Waals surface area contributed by atoms with Crippen LogP contribution in [-0.4, -0.2) is 41.6 Å². The number of hydrogen-bond acceptors (Lipinski definition) is 8.